The number of nitrogens with zero attached hydrogens (tertiary/aromatic N) is 2. The minimum Gasteiger partial charge on any atom is -0.381 e. The molecule has 0 fully saturated rings. The van der Waals surface area contributed by atoms with Crippen molar-refractivity contribution < 1.29 is 0 Å². The van der Waals surface area contributed by atoms with Gasteiger partial charge in [0.05, 0.1) is 11.0 Å². The lowest BCUT2D eigenvalue weighted by atomic mass is 10.1. The van der Waals surface area contributed by atoms with Gasteiger partial charge in [-0.05, 0) is 35.9 Å². The molecule has 0 aliphatic heterocycles. The maximum atomic E-state index is 4.69. The van der Waals surface area contributed by atoms with Crippen molar-refractivity contribution in [3.05, 3.63) is 90.8 Å². The van der Waals surface area contributed by atoms with E-state index >= 15 is 0 Å². The summed E-state index contributed by atoms with van der Waals surface area (Å²) in [6.45, 7) is 0.734. The van der Waals surface area contributed by atoms with Crippen molar-refractivity contribution in [1.29, 1.82) is 0 Å². The fourth-order valence-electron chi connectivity index (χ4n) is 3.32. The van der Waals surface area contributed by atoms with E-state index in [1.807, 2.05) is 36.5 Å². The molecule has 5 nitrogen and oxygen atoms in total. The van der Waals surface area contributed by atoms with Crippen molar-refractivity contribution in [1.82, 2.24) is 19.9 Å². The van der Waals surface area contributed by atoms with Crippen molar-refractivity contribution in [2.24, 2.45) is 0 Å². The fourth-order valence-corrected chi connectivity index (χ4v) is 3.32. The molecule has 0 radical (unpaired) electrons. The van der Waals surface area contributed by atoms with Gasteiger partial charge in [0, 0.05) is 35.8 Å². The van der Waals surface area contributed by atoms with Gasteiger partial charge in [0.25, 0.3) is 0 Å². The number of hydrogen-bond donors (Lipinski definition) is 3. The van der Waals surface area contributed by atoms with E-state index in [1.54, 1.807) is 6.20 Å². The first-order valence-electron chi connectivity index (χ1n) is 9.23. The number of para-hydroxylation sites is 2. The van der Waals surface area contributed by atoms with Crippen LogP contribution in [0.4, 0.5) is 5.69 Å². The second-order valence-electron chi connectivity index (χ2n) is 6.68. The summed E-state index contributed by atoms with van der Waals surface area (Å²) in [5.41, 5.74) is 6.42. The predicted molar refractivity (Wildman–Crippen MR) is 113 cm³/mol. The van der Waals surface area contributed by atoms with E-state index in [1.165, 1.54) is 5.56 Å². The molecule has 0 saturated heterocycles. The number of benzene rings is 3. The van der Waals surface area contributed by atoms with Gasteiger partial charge in [0.1, 0.15) is 11.6 Å². The number of nitrogens with one attached hydrogen (secondary N) is 3. The van der Waals surface area contributed by atoms with E-state index in [-0.39, 0.29) is 0 Å². The van der Waals surface area contributed by atoms with Crippen molar-refractivity contribution >= 4 is 16.7 Å². The summed E-state index contributed by atoms with van der Waals surface area (Å²) >= 11 is 0. The Hall–Kier alpha value is -3.86. The molecule has 0 bridgehead atoms. The molecule has 5 aromatic rings. The zero-order chi connectivity index (χ0) is 18.8. The summed E-state index contributed by atoms with van der Waals surface area (Å²) in [4.78, 5) is 15.5. The van der Waals surface area contributed by atoms with Crippen LogP contribution in [0.2, 0.25) is 0 Å². The monoisotopic (exact) mass is 365 g/mol. The van der Waals surface area contributed by atoms with Gasteiger partial charge >= 0.3 is 0 Å². The van der Waals surface area contributed by atoms with E-state index in [0.717, 1.165) is 46.0 Å². The van der Waals surface area contributed by atoms with Gasteiger partial charge in [-0.3, -0.25) is 0 Å². The van der Waals surface area contributed by atoms with Crippen molar-refractivity contribution in [3.8, 4) is 22.8 Å². The average molecular weight is 365 g/mol. The van der Waals surface area contributed by atoms with Crippen LogP contribution in [-0.2, 0) is 6.54 Å². The van der Waals surface area contributed by atoms with E-state index < -0.39 is 0 Å². The molecule has 0 unspecified atom stereocenters. The van der Waals surface area contributed by atoms with Crippen LogP contribution in [0.1, 0.15) is 5.56 Å². The third kappa shape index (κ3) is 3.25. The number of imidazole rings is 2. The first kappa shape index (κ1) is 16.3. The summed E-state index contributed by atoms with van der Waals surface area (Å²) in [6, 6.07) is 24.8. The normalized spacial score (nSPS) is 11.0. The number of aromatic amines is 2. The maximum absolute atomic E-state index is 4.69. The Balaban J connectivity index is 1.35. The van der Waals surface area contributed by atoms with E-state index in [9.17, 15) is 0 Å². The predicted octanol–water partition coefficient (Wildman–Crippen LogP) is 5.23. The fraction of sp³-hybridized carbons (Fsp3) is 0.0435. The molecule has 0 aliphatic rings. The smallest absolute Gasteiger partial charge is 0.138 e. The van der Waals surface area contributed by atoms with Gasteiger partial charge in [0.2, 0.25) is 0 Å². The maximum Gasteiger partial charge on any atom is 0.138 e. The number of fused-ring (bicyclic) bond motifs is 1. The molecule has 5 rings (SSSR count). The van der Waals surface area contributed by atoms with Crippen LogP contribution >= 0.6 is 0 Å². The zero-order valence-electron chi connectivity index (χ0n) is 15.2. The molecule has 3 N–H and O–H groups in total. The van der Waals surface area contributed by atoms with Crippen LogP contribution in [0.15, 0.2) is 85.2 Å². The molecular formula is C23H19N5. The molecule has 0 amide bonds. The molecule has 5 heteroatoms. The molecule has 28 heavy (non-hydrogen) atoms. The highest BCUT2D eigenvalue weighted by atomic mass is 14.9. The van der Waals surface area contributed by atoms with Gasteiger partial charge < -0.3 is 15.3 Å². The Morgan fingerprint density at radius 2 is 1.68 bits per heavy atom. The molecule has 0 aliphatic carbocycles. The molecule has 3 aromatic carbocycles. The minimum atomic E-state index is 0.734. The Labute approximate surface area is 162 Å². The molecular weight excluding hydrogens is 346 g/mol. The SMILES string of the molecule is c1cc(CNc2cccc(-c3nc4ccccc4[nH]3)c2)cc(-c2ncc[nH]2)c1. The Morgan fingerprint density at radius 1 is 0.821 bits per heavy atom. The van der Waals surface area contributed by atoms with E-state index in [2.05, 4.69) is 67.7 Å². The highest BCUT2D eigenvalue weighted by Gasteiger charge is 2.06. The number of aromatic nitrogens is 4. The quantitative estimate of drug-likeness (QED) is 0.399. The highest BCUT2D eigenvalue weighted by molar-refractivity contribution is 5.79. The zero-order valence-corrected chi connectivity index (χ0v) is 15.2. The number of hydrogen-bond acceptors (Lipinski definition) is 3. The average Bonchev–Trinajstić information content (AvgIpc) is 3.43. The molecule has 0 spiro atoms. The number of H-pyrrole nitrogens is 2. The Morgan fingerprint density at radius 3 is 2.54 bits per heavy atom. The molecule has 0 atom stereocenters. The first-order valence-corrected chi connectivity index (χ1v) is 9.23. The summed E-state index contributed by atoms with van der Waals surface area (Å²) < 4.78 is 0. The van der Waals surface area contributed by atoms with Crippen LogP contribution in [-0.4, -0.2) is 19.9 Å². The van der Waals surface area contributed by atoms with Gasteiger partial charge in [-0.15, -0.1) is 0 Å². The third-order valence-corrected chi connectivity index (χ3v) is 4.72. The summed E-state index contributed by atoms with van der Waals surface area (Å²) in [5, 5.41) is 3.51. The number of anilines is 1. The lowest BCUT2D eigenvalue weighted by Crippen LogP contribution is -1.99. The van der Waals surface area contributed by atoms with Crippen LogP contribution in [0.5, 0.6) is 0 Å². The largest absolute Gasteiger partial charge is 0.381 e. The topological polar surface area (TPSA) is 69.4 Å². The molecule has 2 aromatic heterocycles. The van der Waals surface area contributed by atoms with Crippen molar-refractivity contribution in [3.63, 3.8) is 0 Å². The van der Waals surface area contributed by atoms with Gasteiger partial charge in [-0.1, -0.05) is 42.5 Å². The molecule has 2 heterocycles. The lowest BCUT2D eigenvalue weighted by molar-refractivity contribution is 1.15. The number of rotatable bonds is 5. The van der Waals surface area contributed by atoms with E-state index in [0.29, 0.717) is 0 Å². The van der Waals surface area contributed by atoms with Crippen molar-refractivity contribution in [2.45, 2.75) is 6.54 Å². The lowest BCUT2D eigenvalue weighted by Gasteiger charge is -2.09. The Bertz CT molecular complexity index is 1190. The molecule has 136 valence electrons. The first-order chi connectivity index (χ1) is 13.8. The van der Waals surface area contributed by atoms with Crippen molar-refractivity contribution in [2.75, 3.05) is 5.32 Å². The van der Waals surface area contributed by atoms with Crippen LogP contribution in [0.25, 0.3) is 33.8 Å². The summed E-state index contributed by atoms with van der Waals surface area (Å²) in [5.74, 6) is 1.76. The van der Waals surface area contributed by atoms with Crippen LogP contribution in [0.3, 0.4) is 0 Å². The second kappa shape index (κ2) is 7.04. The molecule has 0 saturated carbocycles. The van der Waals surface area contributed by atoms with Crippen LogP contribution < -0.4 is 5.32 Å². The summed E-state index contributed by atoms with van der Waals surface area (Å²) in [6.07, 6.45) is 3.60. The van der Waals surface area contributed by atoms with E-state index in [4.69, 9.17) is 0 Å². The van der Waals surface area contributed by atoms with Gasteiger partial charge in [-0.2, -0.15) is 0 Å². The minimum absolute atomic E-state index is 0.734. The van der Waals surface area contributed by atoms with Gasteiger partial charge in [0.15, 0.2) is 0 Å². The second-order valence-corrected chi connectivity index (χ2v) is 6.68. The third-order valence-electron chi connectivity index (χ3n) is 4.72. The standard InChI is InChI=1S/C23H19N5/c1-2-10-21-20(9-1)27-23(28-21)18-7-4-8-19(14-18)26-15-16-5-3-6-17(13-16)22-24-11-12-25-22/h1-14,26H,15H2,(H,24,25)(H,27,28). The Kier molecular flexibility index (Phi) is 4.10. The summed E-state index contributed by atoms with van der Waals surface area (Å²) in [7, 11) is 0. The van der Waals surface area contributed by atoms with Crippen LogP contribution in [0, 0.1) is 0 Å². The van der Waals surface area contributed by atoms with Gasteiger partial charge in [-0.25, -0.2) is 9.97 Å². The highest BCUT2D eigenvalue weighted by Crippen LogP contribution is 2.24.